The number of hydrogen-bond acceptors (Lipinski definition) is 8. The number of fused-ring (bicyclic) bond motifs is 1. The van der Waals surface area contributed by atoms with Crippen LogP contribution in [-0.4, -0.2) is 59.4 Å². The van der Waals surface area contributed by atoms with Crippen molar-refractivity contribution >= 4 is 17.1 Å². The summed E-state index contributed by atoms with van der Waals surface area (Å²) in [5.41, 5.74) is 4.09. The summed E-state index contributed by atoms with van der Waals surface area (Å²) < 4.78 is 0. The maximum absolute atomic E-state index is 10.7. The summed E-state index contributed by atoms with van der Waals surface area (Å²) >= 11 is 0. The molecule has 3 aromatic heterocycles. The molecule has 34 heavy (non-hydrogen) atoms. The van der Waals surface area contributed by atoms with Crippen LogP contribution in [0.1, 0.15) is 40.5 Å². The molecule has 0 unspecified atom stereocenters. The SMILES string of the molecule is CN(c1ncc(-c2ccc(-c3cnc4[nH]ccc4n3)cc2O)nn1)C1CC(C)(C)NC(C)(C)C1. The molecule has 0 aliphatic carbocycles. The molecule has 1 aliphatic rings. The number of piperidine rings is 1. The summed E-state index contributed by atoms with van der Waals surface area (Å²) in [6.07, 6.45) is 7.11. The third-order valence-electron chi connectivity index (χ3n) is 6.41. The molecular formula is C25H30N8O. The van der Waals surface area contributed by atoms with Gasteiger partial charge in [-0.05, 0) is 58.7 Å². The van der Waals surface area contributed by atoms with Gasteiger partial charge >= 0.3 is 0 Å². The van der Waals surface area contributed by atoms with Gasteiger partial charge in [-0.1, -0.05) is 6.07 Å². The van der Waals surface area contributed by atoms with E-state index >= 15 is 0 Å². The summed E-state index contributed by atoms with van der Waals surface area (Å²) in [4.78, 5) is 18.7. The molecule has 0 amide bonds. The van der Waals surface area contributed by atoms with Crippen LogP contribution in [0.5, 0.6) is 5.75 Å². The number of aromatic amines is 1. The predicted octanol–water partition coefficient (Wildman–Crippen LogP) is 3.93. The van der Waals surface area contributed by atoms with Crippen LogP contribution in [0.2, 0.25) is 0 Å². The lowest BCUT2D eigenvalue weighted by Gasteiger charge is -2.48. The average Bonchev–Trinajstić information content (AvgIpc) is 3.24. The maximum atomic E-state index is 10.7. The van der Waals surface area contributed by atoms with E-state index in [0.29, 0.717) is 28.9 Å². The van der Waals surface area contributed by atoms with E-state index in [1.54, 1.807) is 30.7 Å². The molecule has 5 rings (SSSR count). The van der Waals surface area contributed by atoms with E-state index in [4.69, 9.17) is 0 Å². The largest absolute Gasteiger partial charge is 0.507 e. The van der Waals surface area contributed by atoms with E-state index in [-0.39, 0.29) is 16.8 Å². The molecule has 4 aromatic rings. The van der Waals surface area contributed by atoms with Gasteiger partial charge in [-0.25, -0.2) is 15.0 Å². The molecule has 0 spiro atoms. The molecule has 0 bridgehead atoms. The second-order valence-corrected chi connectivity index (χ2v) is 10.4. The zero-order valence-electron chi connectivity index (χ0n) is 20.2. The normalized spacial score (nSPS) is 17.7. The van der Waals surface area contributed by atoms with Gasteiger partial charge in [-0.15, -0.1) is 10.2 Å². The second kappa shape index (κ2) is 8.02. The van der Waals surface area contributed by atoms with Crippen molar-refractivity contribution in [3.8, 4) is 28.3 Å². The number of nitrogens with one attached hydrogen (secondary N) is 2. The van der Waals surface area contributed by atoms with Gasteiger partial charge in [0.15, 0.2) is 5.65 Å². The Morgan fingerprint density at radius 3 is 2.38 bits per heavy atom. The summed E-state index contributed by atoms with van der Waals surface area (Å²) in [6.45, 7) is 8.91. The summed E-state index contributed by atoms with van der Waals surface area (Å²) in [6, 6.07) is 7.52. The van der Waals surface area contributed by atoms with Crippen molar-refractivity contribution in [2.24, 2.45) is 0 Å². The van der Waals surface area contributed by atoms with E-state index in [9.17, 15) is 5.11 Å². The summed E-state index contributed by atoms with van der Waals surface area (Å²) in [7, 11) is 2.02. The topological polar surface area (TPSA) is 116 Å². The Hall–Kier alpha value is -3.59. The number of H-pyrrole nitrogens is 1. The molecule has 1 aliphatic heterocycles. The van der Waals surface area contributed by atoms with Crippen molar-refractivity contribution < 1.29 is 5.11 Å². The monoisotopic (exact) mass is 458 g/mol. The molecular weight excluding hydrogens is 428 g/mol. The molecule has 176 valence electrons. The van der Waals surface area contributed by atoms with Gasteiger partial charge in [0.2, 0.25) is 5.95 Å². The average molecular weight is 459 g/mol. The molecule has 1 fully saturated rings. The van der Waals surface area contributed by atoms with Crippen LogP contribution in [0, 0.1) is 0 Å². The van der Waals surface area contributed by atoms with Gasteiger partial charge in [-0.3, -0.25) is 0 Å². The molecule has 9 heteroatoms. The molecule has 9 nitrogen and oxygen atoms in total. The van der Waals surface area contributed by atoms with Gasteiger partial charge < -0.3 is 20.3 Å². The Labute approximate surface area is 198 Å². The zero-order chi connectivity index (χ0) is 24.1. The molecule has 0 radical (unpaired) electrons. The first-order valence-corrected chi connectivity index (χ1v) is 11.5. The smallest absolute Gasteiger partial charge is 0.245 e. The van der Waals surface area contributed by atoms with Crippen LogP contribution < -0.4 is 10.2 Å². The fourth-order valence-corrected chi connectivity index (χ4v) is 5.14. The van der Waals surface area contributed by atoms with Crippen molar-refractivity contribution in [2.75, 3.05) is 11.9 Å². The fourth-order valence-electron chi connectivity index (χ4n) is 5.14. The van der Waals surface area contributed by atoms with Crippen molar-refractivity contribution in [1.82, 2.24) is 35.5 Å². The van der Waals surface area contributed by atoms with Gasteiger partial charge in [0, 0.05) is 41.5 Å². The van der Waals surface area contributed by atoms with Crippen LogP contribution in [0.25, 0.3) is 33.7 Å². The first-order valence-electron chi connectivity index (χ1n) is 11.5. The molecule has 1 saturated heterocycles. The standard InChI is InChI=1S/C25H30N8O/c1-24(2)11-16(12-25(3,4)32-24)33(5)23-28-14-20(30-31-23)17-7-6-15(10-21(17)34)19-13-27-22-18(29-19)8-9-26-22/h6-10,13-14,16,32,34H,11-12H2,1-5H3,(H,26,27). The Bertz CT molecular complexity index is 1310. The van der Waals surface area contributed by atoms with Gasteiger partial charge in [-0.2, -0.15) is 0 Å². The molecule has 0 saturated carbocycles. The number of phenols is 1. The van der Waals surface area contributed by atoms with Crippen LogP contribution >= 0.6 is 0 Å². The minimum absolute atomic E-state index is 0.0254. The van der Waals surface area contributed by atoms with Gasteiger partial charge in [0.25, 0.3) is 0 Å². The minimum Gasteiger partial charge on any atom is -0.507 e. The third kappa shape index (κ3) is 4.31. The lowest BCUT2D eigenvalue weighted by atomic mass is 9.79. The Morgan fingerprint density at radius 2 is 1.71 bits per heavy atom. The molecule has 1 aromatic carbocycles. The zero-order valence-corrected chi connectivity index (χ0v) is 20.2. The lowest BCUT2D eigenvalue weighted by molar-refractivity contribution is 0.160. The third-order valence-corrected chi connectivity index (χ3v) is 6.41. The fraction of sp³-hybridized carbons (Fsp3) is 0.400. The number of nitrogens with zero attached hydrogens (tertiary/aromatic N) is 6. The summed E-state index contributed by atoms with van der Waals surface area (Å²) in [5.74, 6) is 0.668. The number of rotatable bonds is 4. The highest BCUT2D eigenvalue weighted by atomic mass is 16.3. The molecule has 3 N–H and O–H groups in total. The van der Waals surface area contributed by atoms with E-state index in [0.717, 1.165) is 29.6 Å². The van der Waals surface area contributed by atoms with Crippen LogP contribution in [-0.2, 0) is 0 Å². The molecule has 0 atom stereocenters. The van der Waals surface area contributed by atoms with Crippen molar-refractivity contribution in [3.05, 3.63) is 42.9 Å². The number of aromatic hydroxyl groups is 1. The van der Waals surface area contributed by atoms with Crippen molar-refractivity contribution in [2.45, 2.75) is 57.7 Å². The number of aromatic nitrogens is 6. The predicted molar refractivity (Wildman–Crippen MR) is 133 cm³/mol. The first-order chi connectivity index (χ1) is 16.1. The number of anilines is 1. The number of phenolic OH excluding ortho intramolecular Hbond substituents is 1. The highest BCUT2D eigenvalue weighted by Gasteiger charge is 2.39. The van der Waals surface area contributed by atoms with Crippen LogP contribution in [0.15, 0.2) is 42.9 Å². The Balaban J connectivity index is 1.37. The molecule has 4 heterocycles. The van der Waals surface area contributed by atoms with E-state index in [2.05, 4.69) is 68.0 Å². The second-order valence-electron chi connectivity index (χ2n) is 10.4. The van der Waals surface area contributed by atoms with Crippen LogP contribution in [0.3, 0.4) is 0 Å². The maximum Gasteiger partial charge on any atom is 0.245 e. The lowest BCUT2D eigenvalue weighted by Crippen LogP contribution is -2.62. The summed E-state index contributed by atoms with van der Waals surface area (Å²) in [5, 5.41) is 23.2. The van der Waals surface area contributed by atoms with Gasteiger partial charge in [0.05, 0.1) is 18.1 Å². The quantitative estimate of drug-likeness (QED) is 0.421. The van der Waals surface area contributed by atoms with Crippen LogP contribution in [0.4, 0.5) is 5.95 Å². The van der Waals surface area contributed by atoms with E-state index in [1.807, 2.05) is 19.2 Å². The minimum atomic E-state index is 0.0254. The Morgan fingerprint density at radius 1 is 0.971 bits per heavy atom. The Kier molecular flexibility index (Phi) is 5.24. The first kappa shape index (κ1) is 22.2. The van der Waals surface area contributed by atoms with Crippen molar-refractivity contribution in [1.29, 1.82) is 0 Å². The van der Waals surface area contributed by atoms with Gasteiger partial charge in [0.1, 0.15) is 17.0 Å². The highest BCUT2D eigenvalue weighted by Crippen LogP contribution is 2.34. The van der Waals surface area contributed by atoms with E-state index < -0.39 is 0 Å². The highest BCUT2D eigenvalue weighted by molar-refractivity contribution is 5.76. The van der Waals surface area contributed by atoms with Crippen molar-refractivity contribution in [3.63, 3.8) is 0 Å². The van der Waals surface area contributed by atoms with E-state index in [1.165, 1.54) is 0 Å². The number of benzene rings is 1. The number of hydrogen-bond donors (Lipinski definition) is 3.